The van der Waals surface area contributed by atoms with Crippen LogP contribution < -0.4 is 11.1 Å². The molecule has 1 heterocycles. The molecule has 3 N–H and O–H groups in total. The number of nitrogens with two attached hydrogens (primary N) is 1. The van der Waals surface area contributed by atoms with Gasteiger partial charge in [-0.1, -0.05) is 0 Å². The molecule has 13 heavy (non-hydrogen) atoms. The topological polar surface area (TPSA) is 67.6 Å². The zero-order valence-corrected chi connectivity index (χ0v) is 7.95. The number of ether oxygens (including phenoxy) is 1. The van der Waals surface area contributed by atoms with E-state index in [9.17, 15) is 4.79 Å². The molecule has 76 valence electrons. The van der Waals surface area contributed by atoms with Crippen LogP contribution in [0.2, 0.25) is 0 Å². The van der Waals surface area contributed by atoms with Crippen LogP contribution in [0.15, 0.2) is 0 Å². The third-order valence-electron chi connectivity index (χ3n) is 2.21. The Balaban J connectivity index is 2.29. The molecule has 1 fully saturated rings. The van der Waals surface area contributed by atoms with E-state index in [0.29, 0.717) is 13.2 Å². The largest absolute Gasteiger partial charge is 0.383 e. The lowest BCUT2D eigenvalue weighted by Gasteiger charge is -2.31. The Kier molecular flexibility index (Phi) is 4.14. The SMILES string of the molecule is COCCN1CCNC(C(N)=O)C1. The molecule has 5 nitrogen and oxygen atoms in total. The van der Waals surface area contributed by atoms with Crippen LogP contribution >= 0.6 is 0 Å². The van der Waals surface area contributed by atoms with E-state index in [4.69, 9.17) is 10.5 Å². The average Bonchev–Trinajstić information content (AvgIpc) is 2.15. The molecule has 1 aliphatic rings. The Hall–Kier alpha value is -0.650. The minimum atomic E-state index is -0.276. The molecule has 0 aromatic rings. The second-order valence-corrected chi connectivity index (χ2v) is 3.20. The number of primary amides is 1. The van der Waals surface area contributed by atoms with Crippen LogP contribution in [-0.4, -0.2) is 56.7 Å². The molecule has 0 radical (unpaired) electrons. The lowest BCUT2D eigenvalue weighted by Crippen LogP contribution is -2.56. The van der Waals surface area contributed by atoms with E-state index in [1.165, 1.54) is 0 Å². The third kappa shape index (κ3) is 3.30. The zero-order chi connectivity index (χ0) is 9.68. The first-order valence-corrected chi connectivity index (χ1v) is 4.48. The van der Waals surface area contributed by atoms with Gasteiger partial charge in [-0.05, 0) is 0 Å². The van der Waals surface area contributed by atoms with Crippen molar-refractivity contribution in [1.29, 1.82) is 0 Å². The van der Waals surface area contributed by atoms with Crippen molar-refractivity contribution >= 4 is 5.91 Å². The van der Waals surface area contributed by atoms with Crippen molar-refractivity contribution in [3.63, 3.8) is 0 Å². The van der Waals surface area contributed by atoms with Crippen molar-refractivity contribution in [1.82, 2.24) is 10.2 Å². The maximum Gasteiger partial charge on any atom is 0.235 e. The van der Waals surface area contributed by atoms with Gasteiger partial charge in [-0.2, -0.15) is 0 Å². The van der Waals surface area contributed by atoms with E-state index >= 15 is 0 Å². The van der Waals surface area contributed by atoms with Gasteiger partial charge in [0, 0.05) is 33.3 Å². The smallest absolute Gasteiger partial charge is 0.235 e. The van der Waals surface area contributed by atoms with E-state index in [1.54, 1.807) is 7.11 Å². The number of rotatable bonds is 4. The zero-order valence-electron chi connectivity index (χ0n) is 7.95. The first kappa shape index (κ1) is 10.4. The summed E-state index contributed by atoms with van der Waals surface area (Å²) in [5.74, 6) is -0.276. The van der Waals surface area contributed by atoms with Crippen molar-refractivity contribution < 1.29 is 9.53 Å². The van der Waals surface area contributed by atoms with Crippen LogP contribution in [0.25, 0.3) is 0 Å². The van der Waals surface area contributed by atoms with Crippen LogP contribution in [0, 0.1) is 0 Å². The van der Waals surface area contributed by atoms with Crippen molar-refractivity contribution in [2.45, 2.75) is 6.04 Å². The van der Waals surface area contributed by atoms with E-state index in [1.807, 2.05) is 0 Å². The van der Waals surface area contributed by atoms with Gasteiger partial charge in [-0.25, -0.2) is 0 Å². The summed E-state index contributed by atoms with van der Waals surface area (Å²) in [6, 6.07) is -0.203. The summed E-state index contributed by atoms with van der Waals surface area (Å²) in [7, 11) is 1.67. The Labute approximate surface area is 78.2 Å². The fraction of sp³-hybridized carbons (Fsp3) is 0.875. The molecule has 1 unspecified atom stereocenters. The van der Waals surface area contributed by atoms with Crippen LogP contribution in [0.3, 0.4) is 0 Å². The normalized spacial score (nSPS) is 24.5. The average molecular weight is 187 g/mol. The second-order valence-electron chi connectivity index (χ2n) is 3.20. The van der Waals surface area contributed by atoms with Gasteiger partial charge in [-0.15, -0.1) is 0 Å². The number of carbonyl (C=O) groups is 1. The van der Waals surface area contributed by atoms with Crippen molar-refractivity contribution in [3.8, 4) is 0 Å². The Bertz CT molecular complexity index is 175. The molecule has 0 spiro atoms. The molecular formula is C8H17N3O2. The molecule has 1 saturated heterocycles. The highest BCUT2D eigenvalue weighted by Gasteiger charge is 2.22. The predicted molar refractivity (Wildman–Crippen MR) is 49.3 cm³/mol. The minimum absolute atomic E-state index is 0.203. The quantitative estimate of drug-likeness (QED) is 0.556. The van der Waals surface area contributed by atoms with Crippen LogP contribution in [0.1, 0.15) is 0 Å². The predicted octanol–water partition coefficient (Wildman–Crippen LogP) is -1.61. The molecule has 1 aliphatic heterocycles. The molecule has 5 heteroatoms. The standard InChI is InChI=1S/C8H17N3O2/c1-13-5-4-11-3-2-10-7(6-11)8(9)12/h7,10H,2-6H2,1H3,(H2,9,12). The van der Waals surface area contributed by atoms with E-state index in [2.05, 4.69) is 10.2 Å². The van der Waals surface area contributed by atoms with E-state index in [0.717, 1.165) is 19.6 Å². The lowest BCUT2D eigenvalue weighted by atomic mass is 10.2. The summed E-state index contributed by atoms with van der Waals surface area (Å²) in [5.41, 5.74) is 5.20. The van der Waals surface area contributed by atoms with Crippen LogP contribution in [-0.2, 0) is 9.53 Å². The van der Waals surface area contributed by atoms with Gasteiger partial charge in [0.05, 0.1) is 12.6 Å². The number of hydrogen-bond donors (Lipinski definition) is 2. The number of nitrogens with zero attached hydrogens (tertiary/aromatic N) is 1. The van der Waals surface area contributed by atoms with Gasteiger partial charge in [0.2, 0.25) is 5.91 Å². The summed E-state index contributed by atoms with van der Waals surface area (Å²) in [5, 5.41) is 3.07. The van der Waals surface area contributed by atoms with Crippen LogP contribution in [0.5, 0.6) is 0 Å². The highest BCUT2D eigenvalue weighted by Crippen LogP contribution is 1.97. The summed E-state index contributed by atoms with van der Waals surface area (Å²) >= 11 is 0. The fourth-order valence-electron chi connectivity index (χ4n) is 1.42. The van der Waals surface area contributed by atoms with Gasteiger partial charge in [0.15, 0.2) is 0 Å². The summed E-state index contributed by atoms with van der Waals surface area (Å²) in [6.45, 7) is 4.02. The third-order valence-corrected chi connectivity index (χ3v) is 2.21. The summed E-state index contributed by atoms with van der Waals surface area (Å²) in [4.78, 5) is 13.1. The Morgan fingerprint density at radius 3 is 3.15 bits per heavy atom. The van der Waals surface area contributed by atoms with Crippen LogP contribution in [0.4, 0.5) is 0 Å². The lowest BCUT2D eigenvalue weighted by molar-refractivity contribution is -0.121. The maximum atomic E-state index is 10.9. The molecule has 1 atom stereocenters. The number of amides is 1. The molecule has 0 bridgehead atoms. The van der Waals surface area contributed by atoms with Gasteiger partial charge in [0.25, 0.3) is 0 Å². The van der Waals surface area contributed by atoms with Gasteiger partial charge < -0.3 is 15.8 Å². The summed E-state index contributed by atoms with van der Waals surface area (Å²) in [6.07, 6.45) is 0. The number of piperazine rings is 1. The molecule has 0 aromatic heterocycles. The van der Waals surface area contributed by atoms with E-state index < -0.39 is 0 Å². The maximum absolute atomic E-state index is 10.9. The molecule has 1 rings (SSSR count). The van der Waals surface area contributed by atoms with E-state index in [-0.39, 0.29) is 11.9 Å². The number of nitrogens with one attached hydrogen (secondary N) is 1. The monoisotopic (exact) mass is 187 g/mol. The second kappa shape index (κ2) is 5.16. The Morgan fingerprint density at radius 2 is 2.54 bits per heavy atom. The highest BCUT2D eigenvalue weighted by molar-refractivity contribution is 5.80. The van der Waals surface area contributed by atoms with Crippen molar-refractivity contribution in [2.24, 2.45) is 5.73 Å². The molecular weight excluding hydrogens is 170 g/mol. The number of carbonyl (C=O) groups excluding carboxylic acids is 1. The number of methoxy groups -OCH3 is 1. The molecule has 0 aliphatic carbocycles. The first-order valence-electron chi connectivity index (χ1n) is 4.48. The van der Waals surface area contributed by atoms with Crippen molar-refractivity contribution in [2.75, 3.05) is 39.9 Å². The molecule has 0 saturated carbocycles. The summed E-state index contributed by atoms with van der Waals surface area (Å²) < 4.78 is 4.96. The Morgan fingerprint density at radius 1 is 1.77 bits per heavy atom. The fourth-order valence-corrected chi connectivity index (χ4v) is 1.42. The van der Waals surface area contributed by atoms with Gasteiger partial charge >= 0.3 is 0 Å². The molecule has 1 amide bonds. The van der Waals surface area contributed by atoms with Crippen molar-refractivity contribution in [3.05, 3.63) is 0 Å². The highest BCUT2D eigenvalue weighted by atomic mass is 16.5. The van der Waals surface area contributed by atoms with Gasteiger partial charge in [0.1, 0.15) is 0 Å². The first-order chi connectivity index (χ1) is 6.24. The molecule has 0 aromatic carbocycles. The minimum Gasteiger partial charge on any atom is -0.383 e. The van der Waals surface area contributed by atoms with Gasteiger partial charge in [-0.3, -0.25) is 9.69 Å². The number of hydrogen-bond acceptors (Lipinski definition) is 4.